The van der Waals surface area contributed by atoms with Gasteiger partial charge in [-0.25, -0.2) is 0 Å². The number of carboxylic acids is 1. The molecule has 0 aliphatic heterocycles. The van der Waals surface area contributed by atoms with Crippen LogP contribution in [0, 0.1) is 5.92 Å². The molecule has 21 heavy (non-hydrogen) atoms. The van der Waals surface area contributed by atoms with E-state index in [1.807, 2.05) is 19.1 Å². The average Bonchev–Trinajstić information content (AvgIpc) is 2.50. The van der Waals surface area contributed by atoms with Gasteiger partial charge in [0.1, 0.15) is 0 Å². The predicted octanol–water partition coefficient (Wildman–Crippen LogP) is 1.91. The summed E-state index contributed by atoms with van der Waals surface area (Å²) in [6.45, 7) is 4.03. The van der Waals surface area contributed by atoms with E-state index in [1.54, 1.807) is 28.3 Å². The first-order chi connectivity index (χ1) is 9.94. The van der Waals surface area contributed by atoms with Crippen molar-refractivity contribution in [3.63, 3.8) is 0 Å². The molecule has 0 amide bonds. The Balaban J connectivity index is 2.87. The zero-order chi connectivity index (χ0) is 16.0. The van der Waals surface area contributed by atoms with E-state index in [4.69, 9.17) is 19.3 Å². The molecule has 0 aliphatic rings. The fraction of sp³-hybridized carbons (Fsp3) is 0.533. The molecule has 0 aliphatic carbocycles. The second kappa shape index (κ2) is 7.73. The highest BCUT2D eigenvalue weighted by Gasteiger charge is 2.19. The first-order valence-electron chi connectivity index (χ1n) is 6.69. The lowest BCUT2D eigenvalue weighted by atomic mass is 10.0. The van der Waals surface area contributed by atoms with Gasteiger partial charge in [-0.2, -0.15) is 0 Å². The number of methoxy groups -OCH3 is 3. The smallest absolute Gasteiger partial charge is 0.307 e. The maximum Gasteiger partial charge on any atom is 0.307 e. The molecule has 0 aromatic heterocycles. The third-order valence-electron chi connectivity index (χ3n) is 3.49. The lowest BCUT2D eigenvalue weighted by Gasteiger charge is -2.19. The molecule has 118 valence electrons. The molecule has 0 radical (unpaired) electrons. The zero-order valence-corrected chi connectivity index (χ0v) is 13.1. The molecular formula is C15H23NO5. The van der Waals surface area contributed by atoms with Crippen LogP contribution in [-0.2, 0) is 11.3 Å². The molecule has 0 spiro atoms. The van der Waals surface area contributed by atoms with Crippen LogP contribution in [0.2, 0.25) is 0 Å². The number of rotatable bonds is 8. The number of benzene rings is 1. The summed E-state index contributed by atoms with van der Waals surface area (Å²) in [6, 6.07) is 3.53. The normalized spacial score (nSPS) is 13.4. The van der Waals surface area contributed by atoms with Crippen molar-refractivity contribution >= 4 is 5.97 Å². The lowest BCUT2D eigenvalue weighted by Crippen LogP contribution is -2.35. The van der Waals surface area contributed by atoms with Gasteiger partial charge in [0, 0.05) is 12.6 Å². The van der Waals surface area contributed by atoms with Gasteiger partial charge in [-0.15, -0.1) is 0 Å². The molecule has 6 nitrogen and oxygen atoms in total. The molecule has 0 saturated carbocycles. The van der Waals surface area contributed by atoms with Crippen LogP contribution in [0.5, 0.6) is 17.2 Å². The van der Waals surface area contributed by atoms with Crippen LogP contribution in [0.1, 0.15) is 19.4 Å². The van der Waals surface area contributed by atoms with Gasteiger partial charge < -0.3 is 24.6 Å². The fourth-order valence-electron chi connectivity index (χ4n) is 1.91. The zero-order valence-electron chi connectivity index (χ0n) is 13.1. The Labute approximate surface area is 125 Å². The van der Waals surface area contributed by atoms with Gasteiger partial charge in [0.05, 0.1) is 27.2 Å². The maximum absolute atomic E-state index is 10.9. The Morgan fingerprint density at radius 3 is 2.05 bits per heavy atom. The van der Waals surface area contributed by atoms with E-state index in [9.17, 15) is 4.79 Å². The lowest BCUT2D eigenvalue weighted by molar-refractivity contribution is -0.141. The van der Waals surface area contributed by atoms with Crippen molar-refractivity contribution in [3.05, 3.63) is 17.7 Å². The highest BCUT2D eigenvalue weighted by atomic mass is 16.5. The van der Waals surface area contributed by atoms with Gasteiger partial charge in [-0.3, -0.25) is 4.79 Å². The molecule has 2 unspecified atom stereocenters. The average molecular weight is 297 g/mol. The molecule has 1 rings (SSSR count). The third kappa shape index (κ3) is 4.26. The highest BCUT2D eigenvalue weighted by molar-refractivity contribution is 5.70. The molecule has 0 fully saturated rings. The van der Waals surface area contributed by atoms with Crippen molar-refractivity contribution in [1.29, 1.82) is 0 Å². The summed E-state index contributed by atoms with van der Waals surface area (Å²) >= 11 is 0. The quantitative estimate of drug-likeness (QED) is 0.763. The number of carbonyl (C=O) groups is 1. The van der Waals surface area contributed by atoms with Crippen LogP contribution < -0.4 is 19.5 Å². The molecule has 1 aromatic carbocycles. The first-order valence-corrected chi connectivity index (χ1v) is 6.69. The molecular weight excluding hydrogens is 274 g/mol. The van der Waals surface area contributed by atoms with Gasteiger partial charge in [0.2, 0.25) is 5.75 Å². The molecule has 6 heteroatoms. The van der Waals surface area contributed by atoms with Crippen molar-refractivity contribution in [1.82, 2.24) is 5.32 Å². The van der Waals surface area contributed by atoms with Gasteiger partial charge in [-0.1, -0.05) is 6.92 Å². The van der Waals surface area contributed by atoms with Crippen molar-refractivity contribution in [2.75, 3.05) is 21.3 Å². The van der Waals surface area contributed by atoms with Gasteiger partial charge in [-0.05, 0) is 24.6 Å². The first kappa shape index (κ1) is 17.1. The molecule has 0 bridgehead atoms. The summed E-state index contributed by atoms with van der Waals surface area (Å²) in [5.74, 6) is 0.405. The van der Waals surface area contributed by atoms with E-state index in [2.05, 4.69) is 5.32 Å². The minimum atomic E-state index is -0.820. The number of aliphatic carboxylic acids is 1. The van der Waals surface area contributed by atoms with E-state index in [-0.39, 0.29) is 6.04 Å². The summed E-state index contributed by atoms with van der Waals surface area (Å²) in [6.07, 6.45) is 0. The SMILES string of the molecule is COc1cc(CNC(C)C(C)C(=O)O)cc(OC)c1OC. The summed E-state index contributed by atoms with van der Waals surface area (Å²) < 4.78 is 15.8. The van der Waals surface area contributed by atoms with Gasteiger partial charge in [0.15, 0.2) is 11.5 Å². The van der Waals surface area contributed by atoms with Crippen molar-refractivity contribution < 1.29 is 24.1 Å². The number of ether oxygens (including phenoxy) is 3. The van der Waals surface area contributed by atoms with Gasteiger partial charge >= 0.3 is 5.97 Å². The number of carboxylic acid groups (broad SMARTS) is 1. The largest absolute Gasteiger partial charge is 0.493 e. The maximum atomic E-state index is 10.9. The van der Waals surface area contributed by atoms with Crippen LogP contribution in [-0.4, -0.2) is 38.4 Å². The molecule has 0 heterocycles. The second-order valence-corrected chi connectivity index (χ2v) is 4.83. The summed E-state index contributed by atoms with van der Waals surface area (Å²) in [4.78, 5) is 10.9. The van der Waals surface area contributed by atoms with Crippen LogP contribution in [0.3, 0.4) is 0 Å². The van der Waals surface area contributed by atoms with E-state index >= 15 is 0 Å². The molecule has 0 saturated heterocycles. The van der Waals surface area contributed by atoms with Crippen LogP contribution in [0.15, 0.2) is 12.1 Å². The Hall–Kier alpha value is -1.95. The van der Waals surface area contributed by atoms with E-state index < -0.39 is 11.9 Å². The molecule has 1 aromatic rings. The van der Waals surface area contributed by atoms with E-state index in [1.165, 1.54) is 0 Å². The summed E-state index contributed by atoms with van der Waals surface area (Å²) in [5.41, 5.74) is 0.925. The Morgan fingerprint density at radius 1 is 1.14 bits per heavy atom. The van der Waals surface area contributed by atoms with Crippen molar-refractivity contribution in [3.8, 4) is 17.2 Å². The minimum absolute atomic E-state index is 0.151. The van der Waals surface area contributed by atoms with Crippen molar-refractivity contribution in [2.45, 2.75) is 26.4 Å². The fourth-order valence-corrected chi connectivity index (χ4v) is 1.91. The summed E-state index contributed by atoms with van der Waals surface area (Å²) in [7, 11) is 4.67. The third-order valence-corrected chi connectivity index (χ3v) is 3.49. The van der Waals surface area contributed by atoms with Gasteiger partial charge in [0.25, 0.3) is 0 Å². The number of hydrogen-bond donors (Lipinski definition) is 2. The monoisotopic (exact) mass is 297 g/mol. The number of hydrogen-bond acceptors (Lipinski definition) is 5. The molecule has 2 N–H and O–H groups in total. The number of nitrogens with one attached hydrogen (secondary N) is 1. The molecule has 2 atom stereocenters. The highest BCUT2D eigenvalue weighted by Crippen LogP contribution is 2.38. The minimum Gasteiger partial charge on any atom is -0.493 e. The van der Waals surface area contributed by atoms with Crippen molar-refractivity contribution in [2.24, 2.45) is 5.92 Å². The van der Waals surface area contributed by atoms with Crippen LogP contribution >= 0.6 is 0 Å². The second-order valence-electron chi connectivity index (χ2n) is 4.83. The Morgan fingerprint density at radius 2 is 1.67 bits per heavy atom. The van der Waals surface area contributed by atoms with Crippen LogP contribution in [0.25, 0.3) is 0 Å². The Bertz CT molecular complexity index is 464. The van der Waals surface area contributed by atoms with E-state index in [0.717, 1.165) is 5.56 Å². The topological polar surface area (TPSA) is 77.0 Å². The summed E-state index contributed by atoms with van der Waals surface area (Å²) in [5, 5.41) is 12.2. The predicted molar refractivity (Wildman–Crippen MR) is 79.2 cm³/mol. The Kier molecular flexibility index (Phi) is 6.30. The standard InChI is InChI=1S/C15H23NO5/c1-9(15(17)18)10(2)16-8-11-6-12(19-3)14(21-5)13(7-11)20-4/h6-7,9-10,16H,8H2,1-5H3,(H,17,18). The van der Waals surface area contributed by atoms with E-state index in [0.29, 0.717) is 23.8 Å². The van der Waals surface area contributed by atoms with Crippen LogP contribution in [0.4, 0.5) is 0 Å².